The molecule has 0 aromatic heterocycles. The van der Waals surface area contributed by atoms with Gasteiger partial charge in [0.1, 0.15) is 0 Å². The highest BCUT2D eigenvalue weighted by Gasteiger charge is 2.46. The van der Waals surface area contributed by atoms with Gasteiger partial charge in [0.15, 0.2) is 0 Å². The van der Waals surface area contributed by atoms with Crippen molar-refractivity contribution in [3.05, 3.63) is 147 Å². The van der Waals surface area contributed by atoms with Gasteiger partial charge in [-0.25, -0.2) is 0 Å². The highest BCUT2D eigenvalue weighted by atomic mass is 31.2. The van der Waals surface area contributed by atoms with Crippen LogP contribution < -0.4 is 21.2 Å². The number of hydrogen-bond acceptors (Lipinski definition) is 0. The van der Waals surface area contributed by atoms with Crippen LogP contribution in [0.15, 0.2) is 147 Å². The van der Waals surface area contributed by atoms with Gasteiger partial charge in [-0.3, -0.25) is 0 Å². The van der Waals surface area contributed by atoms with Crippen LogP contribution in [0.1, 0.15) is 32.1 Å². The zero-order valence-electron chi connectivity index (χ0n) is 23.4. The van der Waals surface area contributed by atoms with Crippen LogP contribution in [0.2, 0.25) is 0 Å². The Bertz CT molecular complexity index is 1070. The van der Waals surface area contributed by atoms with Crippen LogP contribution in [0, 0.1) is 0 Å². The molecule has 0 heterocycles. The summed E-state index contributed by atoms with van der Waals surface area (Å²) in [5.74, 6) is 0. The zero-order valence-corrected chi connectivity index (χ0v) is 25.2. The summed E-state index contributed by atoms with van der Waals surface area (Å²) >= 11 is 0. The predicted octanol–water partition coefficient (Wildman–Crippen LogP) is 8.65. The largest absolute Gasteiger partial charge is 0.103 e. The molecule has 0 N–H and O–H groups in total. The van der Waals surface area contributed by atoms with E-state index in [0.29, 0.717) is 0 Å². The van der Waals surface area contributed by atoms with E-state index < -0.39 is 14.5 Å². The van der Waals surface area contributed by atoms with E-state index in [4.69, 9.17) is 0 Å². The Morgan fingerprint density at radius 1 is 0.385 bits per heavy atom. The van der Waals surface area contributed by atoms with Crippen LogP contribution in [-0.2, 0) is 0 Å². The van der Waals surface area contributed by atoms with Crippen molar-refractivity contribution >= 4 is 35.7 Å². The predicted molar refractivity (Wildman–Crippen MR) is 181 cm³/mol. The second kappa shape index (κ2) is 15.1. The first-order valence-corrected chi connectivity index (χ1v) is 18.8. The Hall–Kier alpha value is -2.78. The van der Waals surface area contributed by atoms with Gasteiger partial charge in [-0.2, -0.15) is 0 Å². The van der Waals surface area contributed by atoms with Gasteiger partial charge in [-0.05, 0) is 74.2 Å². The van der Waals surface area contributed by atoms with Gasteiger partial charge < -0.3 is 0 Å². The number of allylic oxidation sites excluding steroid dienone is 2. The summed E-state index contributed by atoms with van der Waals surface area (Å²) in [6.07, 6.45) is 14.9. The maximum absolute atomic E-state index is 4.03. The first-order chi connectivity index (χ1) is 19.2. The Kier molecular flexibility index (Phi) is 11.3. The lowest BCUT2D eigenvalue weighted by Gasteiger charge is -2.31. The van der Waals surface area contributed by atoms with Gasteiger partial charge in [0, 0.05) is 6.42 Å². The summed E-state index contributed by atoms with van der Waals surface area (Å²) in [6, 6.07) is 45.7. The molecule has 0 nitrogen and oxygen atoms in total. The maximum atomic E-state index is 4.03. The second-order valence-corrected chi connectivity index (χ2v) is 18.1. The van der Waals surface area contributed by atoms with Crippen LogP contribution >= 0.6 is 14.5 Å². The van der Waals surface area contributed by atoms with Gasteiger partial charge in [0.25, 0.3) is 0 Å². The molecule has 39 heavy (non-hydrogen) atoms. The number of unbranched alkanes of at least 4 members (excludes halogenated alkanes) is 2. The number of rotatable bonds is 16. The second-order valence-electron chi connectivity index (χ2n) is 10.4. The highest BCUT2D eigenvalue weighted by molar-refractivity contribution is 7.90. The van der Waals surface area contributed by atoms with E-state index in [9.17, 15) is 0 Å². The van der Waals surface area contributed by atoms with Crippen molar-refractivity contribution in [1.82, 2.24) is 0 Å². The van der Waals surface area contributed by atoms with Gasteiger partial charge in [-0.1, -0.05) is 84.9 Å². The monoisotopic (exact) mass is 550 g/mol. The molecule has 0 aliphatic heterocycles. The molecule has 0 atom stereocenters. The summed E-state index contributed by atoms with van der Waals surface area (Å²) in [7, 11) is -3.16. The molecular weight excluding hydrogens is 506 g/mol. The topological polar surface area (TPSA) is 0 Å². The van der Waals surface area contributed by atoms with E-state index in [1.165, 1.54) is 43.9 Å². The molecular formula is C37H44P2+2. The van der Waals surface area contributed by atoms with Crippen molar-refractivity contribution in [1.29, 1.82) is 0 Å². The van der Waals surface area contributed by atoms with E-state index in [0.717, 1.165) is 12.8 Å². The average Bonchev–Trinajstić information content (AvgIpc) is 3.01. The van der Waals surface area contributed by atoms with Crippen LogP contribution in [-0.4, -0.2) is 24.6 Å². The van der Waals surface area contributed by atoms with Gasteiger partial charge in [0.2, 0.25) is 0 Å². The smallest absolute Gasteiger partial charge is 0.0991 e. The van der Waals surface area contributed by atoms with Crippen LogP contribution in [0.5, 0.6) is 0 Å². The minimum absolute atomic E-state index is 1.08. The van der Waals surface area contributed by atoms with E-state index in [-0.39, 0.29) is 0 Å². The molecule has 4 aromatic rings. The van der Waals surface area contributed by atoms with Gasteiger partial charge in [0.05, 0.1) is 60.4 Å². The Labute approximate surface area is 238 Å². The van der Waals surface area contributed by atoms with Crippen molar-refractivity contribution in [3.8, 4) is 0 Å². The van der Waals surface area contributed by atoms with E-state index in [2.05, 4.69) is 147 Å². The van der Waals surface area contributed by atoms with Crippen molar-refractivity contribution in [3.63, 3.8) is 0 Å². The molecule has 0 radical (unpaired) electrons. The summed E-state index contributed by atoms with van der Waals surface area (Å²) in [6.45, 7) is 8.07. The molecule has 200 valence electrons. The quantitative estimate of drug-likeness (QED) is 0.0744. The molecule has 4 aromatic carbocycles. The third-order valence-electron chi connectivity index (χ3n) is 7.98. The lowest BCUT2D eigenvalue weighted by atomic mass is 10.3. The fourth-order valence-corrected chi connectivity index (χ4v) is 15.2. The maximum Gasteiger partial charge on any atom is 0.0991 e. The van der Waals surface area contributed by atoms with E-state index >= 15 is 0 Å². The zero-order chi connectivity index (χ0) is 27.2. The normalized spacial score (nSPS) is 11.7. The SMILES string of the molecule is C=CCCC[P+](CCC[P+](CCCC=C)(c1ccccc1)c1ccccc1)(c1ccccc1)c1ccccc1. The van der Waals surface area contributed by atoms with Crippen molar-refractivity contribution < 1.29 is 0 Å². The Balaban J connectivity index is 1.74. The Morgan fingerprint density at radius 3 is 0.897 bits per heavy atom. The minimum atomic E-state index is -1.58. The third kappa shape index (κ3) is 7.25. The van der Waals surface area contributed by atoms with Crippen LogP contribution in [0.4, 0.5) is 0 Å². The first kappa shape index (κ1) is 29.2. The first-order valence-electron chi connectivity index (χ1n) is 14.4. The molecule has 0 spiro atoms. The molecule has 0 aliphatic carbocycles. The summed E-state index contributed by atoms with van der Waals surface area (Å²) < 4.78 is 0. The fraction of sp³-hybridized carbons (Fsp3) is 0.243. The number of hydrogen-bond donors (Lipinski definition) is 0. The van der Waals surface area contributed by atoms with Gasteiger partial charge in [-0.15, -0.1) is 13.2 Å². The summed E-state index contributed by atoms with van der Waals surface area (Å²) in [5, 5.41) is 6.20. The van der Waals surface area contributed by atoms with Gasteiger partial charge >= 0.3 is 0 Å². The lowest BCUT2D eigenvalue weighted by Crippen LogP contribution is -2.31. The van der Waals surface area contributed by atoms with Crippen molar-refractivity contribution in [2.75, 3.05) is 24.6 Å². The molecule has 2 heteroatoms. The third-order valence-corrected chi connectivity index (χ3v) is 17.4. The molecule has 0 saturated heterocycles. The lowest BCUT2D eigenvalue weighted by molar-refractivity contribution is 0.950. The molecule has 0 aliphatic rings. The molecule has 0 fully saturated rings. The molecule has 4 rings (SSSR count). The molecule has 0 saturated carbocycles. The minimum Gasteiger partial charge on any atom is -0.103 e. The molecule has 0 amide bonds. The fourth-order valence-electron chi connectivity index (χ4n) is 6.03. The van der Waals surface area contributed by atoms with Crippen molar-refractivity contribution in [2.24, 2.45) is 0 Å². The van der Waals surface area contributed by atoms with Crippen LogP contribution in [0.3, 0.4) is 0 Å². The van der Waals surface area contributed by atoms with Crippen molar-refractivity contribution in [2.45, 2.75) is 32.1 Å². The van der Waals surface area contributed by atoms with E-state index in [1.807, 2.05) is 0 Å². The average molecular weight is 551 g/mol. The summed E-state index contributed by atoms with van der Waals surface area (Å²) in [5.41, 5.74) is 0. The highest BCUT2D eigenvalue weighted by Crippen LogP contribution is 2.61. The standard InChI is InChI=1S/C37H44P2/c1-3-5-19-30-38(34-22-11-7-12-23-34,35-24-13-8-14-25-35)32-21-33-39(31-20-6-4-2,36-26-15-9-16-27-36)37-28-17-10-18-29-37/h3-4,7-18,22-29H,1-2,5-6,19-21,30-33H2/q+2. The summed E-state index contributed by atoms with van der Waals surface area (Å²) in [4.78, 5) is 0. The molecule has 0 unspecified atom stereocenters. The van der Waals surface area contributed by atoms with E-state index in [1.54, 1.807) is 21.2 Å². The number of benzene rings is 4. The van der Waals surface area contributed by atoms with Crippen LogP contribution in [0.25, 0.3) is 0 Å². The molecule has 0 bridgehead atoms. The Morgan fingerprint density at radius 2 is 0.641 bits per heavy atom.